The number of ether oxygens (including phenoxy) is 3. The van der Waals surface area contributed by atoms with Crippen molar-refractivity contribution in [2.24, 2.45) is 0 Å². The number of hydrogen-bond donors (Lipinski definition) is 0. The van der Waals surface area contributed by atoms with Crippen LogP contribution in [0.5, 0.6) is 11.5 Å². The van der Waals surface area contributed by atoms with E-state index in [1.807, 2.05) is 6.07 Å². The van der Waals surface area contributed by atoms with E-state index in [9.17, 15) is 4.79 Å². The molecule has 1 aromatic heterocycles. The first-order chi connectivity index (χ1) is 15.6. The fourth-order valence-corrected chi connectivity index (χ4v) is 5.62. The van der Waals surface area contributed by atoms with Crippen molar-refractivity contribution in [3.05, 3.63) is 46.2 Å². The number of benzene rings is 1. The van der Waals surface area contributed by atoms with Gasteiger partial charge in [0.2, 0.25) is 6.29 Å². The van der Waals surface area contributed by atoms with Gasteiger partial charge in [0.25, 0.3) is 0 Å². The summed E-state index contributed by atoms with van der Waals surface area (Å²) in [5, 5.41) is 2.27. The summed E-state index contributed by atoms with van der Waals surface area (Å²) in [6, 6.07) is 10.5. The number of carbonyl (C=O) groups is 1. The Morgan fingerprint density at radius 2 is 1.91 bits per heavy atom. The van der Waals surface area contributed by atoms with E-state index < -0.39 is 8.32 Å². The number of fused-ring (bicyclic) bond motifs is 1. The van der Waals surface area contributed by atoms with Gasteiger partial charge in [-0.3, -0.25) is 4.79 Å². The molecule has 2 aromatic rings. The Balaban J connectivity index is 1.67. The molecule has 0 aliphatic carbocycles. The second-order valence-corrected chi connectivity index (χ2v) is 16.0. The Morgan fingerprint density at radius 1 is 1.15 bits per heavy atom. The summed E-state index contributed by atoms with van der Waals surface area (Å²) in [6.45, 7) is 11.4. The SMILES string of the molecule is COC(=O)CCCCC1Oc2ccc(C(CCc3cccs3)O[Si](C)(C)C(C)(C)C)cc2O1. The fraction of sp³-hybridized carbons (Fsp3) is 0.577. The first kappa shape index (κ1) is 25.8. The lowest BCUT2D eigenvalue weighted by molar-refractivity contribution is -0.140. The maximum Gasteiger partial charge on any atom is 0.305 e. The van der Waals surface area contributed by atoms with Gasteiger partial charge in [0.05, 0.1) is 13.2 Å². The number of thiophene rings is 1. The van der Waals surface area contributed by atoms with Crippen molar-refractivity contribution in [2.75, 3.05) is 7.11 Å². The molecule has 33 heavy (non-hydrogen) atoms. The molecular formula is C26H38O5SSi. The van der Waals surface area contributed by atoms with E-state index in [0.29, 0.717) is 6.42 Å². The molecule has 2 unspecified atom stereocenters. The number of hydrogen-bond acceptors (Lipinski definition) is 6. The number of unbranched alkanes of at least 4 members (excludes halogenated alkanes) is 1. The fourth-order valence-electron chi connectivity index (χ4n) is 3.58. The minimum absolute atomic E-state index is 0.0148. The summed E-state index contributed by atoms with van der Waals surface area (Å²) in [6.07, 6.45) is 4.42. The van der Waals surface area contributed by atoms with Crippen molar-refractivity contribution in [2.45, 2.75) is 89.8 Å². The van der Waals surface area contributed by atoms with Gasteiger partial charge in [0.15, 0.2) is 19.8 Å². The van der Waals surface area contributed by atoms with Crippen LogP contribution in [0.2, 0.25) is 18.1 Å². The van der Waals surface area contributed by atoms with Crippen LogP contribution in [-0.4, -0.2) is 27.7 Å². The Hall–Kier alpha value is -1.83. The highest BCUT2D eigenvalue weighted by molar-refractivity contribution is 7.09. The maximum atomic E-state index is 11.3. The second kappa shape index (κ2) is 11.1. The van der Waals surface area contributed by atoms with Gasteiger partial charge < -0.3 is 18.6 Å². The van der Waals surface area contributed by atoms with Gasteiger partial charge in [-0.2, -0.15) is 0 Å². The zero-order valence-corrected chi connectivity index (χ0v) is 22.6. The Kier molecular flexibility index (Phi) is 8.64. The van der Waals surface area contributed by atoms with E-state index in [2.05, 4.69) is 63.5 Å². The predicted octanol–water partition coefficient (Wildman–Crippen LogP) is 7.27. The van der Waals surface area contributed by atoms with Crippen LogP contribution >= 0.6 is 11.3 Å². The zero-order chi connectivity index (χ0) is 24.1. The van der Waals surface area contributed by atoms with E-state index in [1.54, 1.807) is 11.3 Å². The van der Waals surface area contributed by atoms with Crippen LogP contribution in [0.25, 0.3) is 0 Å². The third-order valence-corrected chi connectivity index (χ3v) is 12.1. The molecule has 0 radical (unpaired) electrons. The number of rotatable bonds is 11. The lowest BCUT2D eigenvalue weighted by Gasteiger charge is -2.39. The third-order valence-electron chi connectivity index (χ3n) is 6.63. The minimum atomic E-state index is -1.95. The summed E-state index contributed by atoms with van der Waals surface area (Å²) >= 11 is 1.80. The van der Waals surface area contributed by atoms with Crippen LogP contribution in [0.4, 0.5) is 0 Å². The number of methoxy groups -OCH3 is 1. The minimum Gasteiger partial charge on any atom is -0.469 e. The van der Waals surface area contributed by atoms with Crippen LogP contribution in [-0.2, 0) is 20.4 Å². The molecule has 0 fully saturated rings. The highest BCUT2D eigenvalue weighted by Gasteiger charge is 2.39. The van der Waals surface area contributed by atoms with E-state index in [1.165, 1.54) is 12.0 Å². The zero-order valence-electron chi connectivity index (χ0n) is 20.8. The van der Waals surface area contributed by atoms with Crippen molar-refractivity contribution in [3.63, 3.8) is 0 Å². The van der Waals surface area contributed by atoms with Gasteiger partial charge in [0, 0.05) is 17.7 Å². The van der Waals surface area contributed by atoms with Gasteiger partial charge in [-0.1, -0.05) is 32.9 Å². The van der Waals surface area contributed by atoms with Crippen molar-refractivity contribution in [1.29, 1.82) is 0 Å². The van der Waals surface area contributed by atoms with Gasteiger partial charge >= 0.3 is 5.97 Å². The van der Waals surface area contributed by atoms with Crippen molar-refractivity contribution < 1.29 is 23.4 Å². The highest BCUT2D eigenvalue weighted by atomic mass is 32.1. The molecular weight excluding hydrogens is 452 g/mol. The molecule has 5 nitrogen and oxygen atoms in total. The molecule has 1 aliphatic heterocycles. The molecule has 0 saturated heterocycles. The van der Waals surface area contributed by atoms with Crippen LogP contribution in [0.1, 0.15) is 69.4 Å². The first-order valence-electron chi connectivity index (χ1n) is 11.8. The molecule has 0 saturated carbocycles. The second-order valence-electron chi connectivity index (χ2n) is 10.2. The number of carbonyl (C=O) groups excluding carboxylic acids is 1. The van der Waals surface area contributed by atoms with Crippen molar-refractivity contribution in [1.82, 2.24) is 0 Å². The average Bonchev–Trinajstić information content (AvgIpc) is 3.41. The summed E-state index contributed by atoms with van der Waals surface area (Å²) in [7, 11) is -0.534. The lowest BCUT2D eigenvalue weighted by atomic mass is 10.0. The molecule has 3 rings (SSSR count). The van der Waals surface area contributed by atoms with Gasteiger partial charge in [-0.15, -0.1) is 11.3 Å². The number of aryl methyl sites for hydroxylation is 1. The topological polar surface area (TPSA) is 54.0 Å². The maximum absolute atomic E-state index is 11.3. The average molecular weight is 491 g/mol. The van der Waals surface area contributed by atoms with E-state index in [0.717, 1.165) is 49.2 Å². The Labute approximate surface area is 203 Å². The van der Waals surface area contributed by atoms with Crippen molar-refractivity contribution in [3.8, 4) is 11.5 Å². The van der Waals surface area contributed by atoms with E-state index >= 15 is 0 Å². The highest BCUT2D eigenvalue weighted by Crippen LogP contribution is 2.43. The molecule has 0 amide bonds. The van der Waals surface area contributed by atoms with E-state index in [4.69, 9.17) is 18.6 Å². The Bertz CT molecular complexity index is 904. The van der Waals surface area contributed by atoms with Gasteiger partial charge in [-0.05, 0) is 73.0 Å². The molecule has 1 aliphatic rings. The normalized spacial score (nSPS) is 16.6. The summed E-state index contributed by atoms with van der Waals surface area (Å²) in [5.74, 6) is 1.39. The summed E-state index contributed by atoms with van der Waals surface area (Å²) in [5.41, 5.74) is 1.14. The summed E-state index contributed by atoms with van der Waals surface area (Å²) in [4.78, 5) is 12.7. The smallest absolute Gasteiger partial charge is 0.305 e. The number of esters is 1. The molecule has 1 aromatic carbocycles. The van der Waals surface area contributed by atoms with Crippen LogP contribution < -0.4 is 9.47 Å². The van der Waals surface area contributed by atoms with Gasteiger partial charge in [-0.25, -0.2) is 0 Å². The van der Waals surface area contributed by atoms with Crippen LogP contribution in [0, 0.1) is 0 Å². The first-order valence-corrected chi connectivity index (χ1v) is 15.6. The standard InChI is InChI=1S/C26H38O5SSi/c1-26(2,3)33(5,6)31-21(16-14-20-10-9-17-32-20)19-13-15-22-23(18-19)30-25(29-22)12-8-7-11-24(27)28-4/h9-10,13,15,17-18,21,25H,7-8,11-12,14,16H2,1-6H3. The molecule has 7 heteroatoms. The van der Waals surface area contributed by atoms with E-state index in [-0.39, 0.29) is 23.4 Å². The predicted molar refractivity (Wildman–Crippen MR) is 136 cm³/mol. The quantitative estimate of drug-likeness (QED) is 0.188. The van der Waals surface area contributed by atoms with Crippen molar-refractivity contribution >= 4 is 25.6 Å². The van der Waals surface area contributed by atoms with Crippen LogP contribution in [0.3, 0.4) is 0 Å². The molecule has 2 atom stereocenters. The third kappa shape index (κ3) is 7.07. The molecule has 0 bridgehead atoms. The molecule has 2 heterocycles. The summed E-state index contributed by atoms with van der Waals surface area (Å²) < 4.78 is 23.7. The molecule has 0 spiro atoms. The lowest BCUT2D eigenvalue weighted by Crippen LogP contribution is -2.41. The monoisotopic (exact) mass is 490 g/mol. The molecule has 0 N–H and O–H groups in total. The Morgan fingerprint density at radius 3 is 2.58 bits per heavy atom. The molecule has 182 valence electrons. The largest absolute Gasteiger partial charge is 0.469 e. The van der Waals surface area contributed by atoms with Crippen LogP contribution in [0.15, 0.2) is 35.7 Å². The van der Waals surface area contributed by atoms with Gasteiger partial charge in [0.1, 0.15) is 0 Å².